The molecule has 0 bridgehead atoms. The second-order valence-corrected chi connectivity index (χ2v) is 7.71. The molecule has 10 heteroatoms. The van der Waals surface area contributed by atoms with Crippen molar-refractivity contribution in [3.63, 3.8) is 0 Å². The number of benzene rings is 3. The van der Waals surface area contributed by atoms with Crippen LogP contribution in [0.5, 0.6) is 23.0 Å². The summed E-state index contributed by atoms with van der Waals surface area (Å²) in [6.07, 6.45) is 0. The lowest BCUT2D eigenvalue weighted by molar-refractivity contribution is 0.0958. The predicted octanol–water partition coefficient (Wildman–Crippen LogP) is 3.48. The molecule has 5 N–H and O–H groups in total. The van der Waals surface area contributed by atoms with Crippen LogP contribution >= 0.6 is 11.6 Å². The average Bonchev–Trinajstić information content (AvgIpc) is 2.90. The fourth-order valence-corrected chi connectivity index (χ4v) is 3.33. The van der Waals surface area contributed by atoms with E-state index in [-0.39, 0.29) is 41.9 Å². The van der Waals surface area contributed by atoms with Gasteiger partial charge in [0.25, 0.3) is 5.91 Å². The van der Waals surface area contributed by atoms with Crippen molar-refractivity contribution in [2.75, 3.05) is 20.8 Å². The molecule has 0 spiro atoms. The summed E-state index contributed by atoms with van der Waals surface area (Å²) < 4.78 is 22.4. The Morgan fingerprint density at radius 3 is 1.94 bits per heavy atom. The molecular formula is C25H27ClN4O5. The van der Waals surface area contributed by atoms with Crippen molar-refractivity contribution in [1.29, 1.82) is 0 Å². The molecule has 0 atom stereocenters. The topological polar surface area (TPSA) is 130 Å². The molecule has 3 aromatic rings. The zero-order chi connectivity index (χ0) is 25.2. The van der Waals surface area contributed by atoms with Gasteiger partial charge in [-0.05, 0) is 47.5 Å². The summed E-state index contributed by atoms with van der Waals surface area (Å²) in [5, 5.41) is 6.05. The van der Waals surface area contributed by atoms with Crippen molar-refractivity contribution < 1.29 is 23.7 Å². The predicted molar refractivity (Wildman–Crippen MR) is 134 cm³/mol. The highest BCUT2D eigenvalue weighted by Crippen LogP contribution is 2.39. The van der Waals surface area contributed by atoms with Gasteiger partial charge < -0.3 is 35.8 Å². The van der Waals surface area contributed by atoms with Gasteiger partial charge in [-0.2, -0.15) is 5.10 Å². The SMILES string of the molecule is COc1ccc(COc2ccc(C(=O)NC/C(N)=N/N)c(Cl)c2OCc2ccc(OC)cc2)cc1. The zero-order valence-electron chi connectivity index (χ0n) is 19.4. The van der Waals surface area contributed by atoms with E-state index in [4.69, 9.17) is 42.1 Å². The Hall–Kier alpha value is -4.11. The summed E-state index contributed by atoms with van der Waals surface area (Å²) in [5.41, 5.74) is 7.54. The van der Waals surface area contributed by atoms with Crippen LogP contribution in [0.3, 0.4) is 0 Å². The second-order valence-electron chi connectivity index (χ2n) is 7.33. The molecule has 0 aromatic heterocycles. The molecule has 0 aliphatic rings. The number of hydrogen-bond donors (Lipinski definition) is 3. The van der Waals surface area contributed by atoms with Gasteiger partial charge in [0, 0.05) is 0 Å². The van der Waals surface area contributed by atoms with Crippen molar-refractivity contribution in [2.24, 2.45) is 16.7 Å². The first-order chi connectivity index (χ1) is 16.9. The van der Waals surface area contributed by atoms with E-state index in [1.165, 1.54) is 0 Å². The van der Waals surface area contributed by atoms with E-state index in [2.05, 4.69) is 10.4 Å². The number of nitrogens with one attached hydrogen (secondary N) is 1. The van der Waals surface area contributed by atoms with E-state index in [1.807, 2.05) is 48.5 Å². The Morgan fingerprint density at radius 1 is 0.886 bits per heavy atom. The minimum atomic E-state index is -0.461. The van der Waals surface area contributed by atoms with Crippen molar-refractivity contribution >= 4 is 23.3 Å². The highest BCUT2D eigenvalue weighted by atomic mass is 35.5. The smallest absolute Gasteiger partial charge is 0.253 e. The molecule has 0 aliphatic carbocycles. The van der Waals surface area contributed by atoms with Gasteiger partial charge >= 0.3 is 0 Å². The number of hydrogen-bond acceptors (Lipinski definition) is 7. The van der Waals surface area contributed by atoms with Gasteiger partial charge in [-0.25, -0.2) is 0 Å². The third-order valence-electron chi connectivity index (χ3n) is 5.00. The molecule has 1 amide bonds. The van der Waals surface area contributed by atoms with Crippen molar-refractivity contribution in [3.05, 3.63) is 82.4 Å². The summed E-state index contributed by atoms with van der Waals surface area (Å²) in [7, 11) is 3.20. The highest BCUT2D eigenvalue weighted by Gasteiger charge is 2.20. The van der Waals surface area contributed by atoms with Gasteiger partial charge in [0.15, 0.2) is 11.5 Å². The minimum absolute atomic E-state index is 0.0244. The molecule has 0 heterocycles. The number of methoxy groups -OCH3 is 2. The van der Waals surface area contributed by atoms with Crippen LogP contribution in [0.2, 0.25) is 5.02 Å². The van der Waals surface area contributed by atoms with Crippen LogP contribution < -0.4 is 35.8 Å². The van der Waals surface area contributed by atoms with Crippen LogP contribution in [0.1, 0.15) is 21.5 Å². The number of halogens is 1. The molecule has 0 saturated carbocycles. The summed E-state index contributed by atoms with van der Waals surface area (Å²) in [6.45, 7) is 0.429. The normalized spacial score (nSPS) is 11.0. The van der Waals surface area contributed by atoms with Gasteiger partial charge in [0.1, 0.15) is 30.5 Å². The van der Waals surface area contributed by atoms with Crippen molar-refractivity contribution in [2.45, 2.75) is 13.2 Å². The molecule has 0 radical (unpaired) electrons. The molecular weight excluding hydrogens is 472 g/mol. The Kier molecular flexibility index (Phi) is 9.02. The molecule has 0 saturated heterocycles. The molecule has 184 valence electrons. The quantitative estimate of drug-likeness (QED) is 0.160. The average molecular weight is 499 g/mol. The number of ether oxygens (including phenoxy) is 4. The van der Waals surface area contributed by atoms with E-state index in [9.17, 15) is 4.79 Å². The van der Waals surface area contributed by atoms with Gasteiger partial charge in [0.2, 0.25) is 0 Å². The van der Waals surface area contributed by atoms with E-state index in [0.29, 0.717) is 5.75 Å². The van der Waals surface area contributed by atoms with Crippen LogP contribution in [0.15, 0.2) is 65.8 Å². The summed E-state index contributed by atoms with van der Waals surface area (Å²) in [4.78, 5) is 12.7. The van der Waals surface area contributed by atoms with E-state index < -0.39 is 5.91 Å². The number of nitrogens with two attached hydrogens (primary N) is 2. The third kappa shape index (κ3) is 6.94. The molecule has 0 unspecified atom stereocenters. The highest BCUT2D eigenvalue weighted by molar-refractivity contribution is 6.35. The van der Waals surface area contributed by atoms with Crippen molar-refractivity contribution in [3.8, 4) is 23.0 Å². The summed E-state index contributed by atoms with van der Waals surface area (Å²) >= 11 is 6.60. The molecule has 0 aliphatic heterocycles. The number of carbonyl (C=O) groups is 1. The number of hydrazone groups is 1. The van der Waals surface area contributed by atoms with Crippen LogP contribution in [0, 0.1) is 0 Å². The van der Waals surface area contributed by atoms with Crippen LogP contribution in [0.25, 0.3) is 0 Å². The molecule has 0 fully saturated rings. The van der Waals surface area contributed by atoms with E-state index in [0.717, 1.165) is 22.6 Å². The number of nitrogens with zero attached hydrogens (tertiary/aromatic N) is 1. The first kappa shape index (κ1) is 25.5. The fraction of sp³-hybridized carbons (Fsp3) is 0.200. The first-order valence-electron chi connectivity index (χ1n) is 10.6. The van der Waals surface area contributed by atoms with E-state index >= 15 is 0 Å². The maximum absolute atomic E-state index is 12.7. The fourth-order valence-electron chi connectivity index (χ4n) is 3.03. The Bertz CT molecular complexity index is 1170. The van der Waals surface area contributed by atoms with Crippen LogP contribution in [0.4, 0.5) is 0 Å². The van der Waals surface area contributed by atoms with Gasteiger partial charge in [0.05, 0.1) is 31.4 Å². The molecule has 35 heavy (non-hydrogen) atoms. The minimum Gasteiger partial charge on any atom is -0.497 e. The largest absolute Gasteiger partial charge is 0.497 e. The maximum atomic E-state index is 12.7. The monoisotopic (exact) mass is 498 g/mol. The first-order valence-corrected chi connectivity index (χ1v) is 11.0. The number of amidine groups is 1. The summed E-state index contributed by atoms with van der Waals surface area (Å²) in [5.74, 6) is 6.83. The van der Waals surface area contributed by atoms with Crippen LogP contribution in [-0.4, -0.2) is 32.5 Å². The molecule has 3 aromatic carbocycles. The van der Waals surface area contributed by atoms with E-state index in [1.54, 1.807) is 26.4 Å². The number of rotatable bonds is 11. The molecule has 9 nitrogen and oxygen atoms in total. The Morgan fingerprint density at radius 2 is 1.43 bits per heavy atom. The number of carbonyl (C=O) groups excluding carboxylic acids is 1. The lowest BCUT2D eigenvalue weighted by Gasteiger charge is -2.17. The molecule has 3 rings (SSSR count). The van der Waals surface area contributed by atoms with Gasteiger partial charge in [-0.1, -0.05) is 35.9 Å². The van der Waals surface area contributed by atoms with Crippen molar-refractivity contribution in [1.82, 2.24) is 5.32 Å². The lowest BCUT2D eigenvalue weighted by atomic mass is 10.1. The maximum Gasteiger partial charge on any atom is 0.253 e. The van der Waals surface area contributed by atoms with Gasteiger partial charge in [-0.3, -0.25) is 4.79 Å². The van der Waals surface area contributed by atoms with Gasteiger partial charge in [-0.15, -0.1) is 0 Å². The Labute approximate surface area is 208 Å². The zero-order valence-corrected chi connectivity index (χ0v) is 20.2. The van der Waals surface area contributed by atoms with Crippen LogP contribution in [-0.2, 0) is 13.2 Å². The number of amides is 1. The summed E-state index contributed by atoms with van der Waals surface area (Å²) in [6, 6.07) is 18.1. The second kappa shape index (κ2) is 12.4. The third-order valence-corrected chi connectivity index (χ3v) is 5.37. The Balaban J connectivity index is 1.83. The standard InChI is InChI=1S/C25H27ClN4O5/c1-32-18-7-3-16(4-8-18)14-34-21-12-11-20(25(31)29-13-22(27)30-28)23(26)24(21)35-15-17-5-9-19(33-2)10-6-17/h3-12H,13-15,28H2,1-2H3,(H2,27,30)(H,29,31). The lowest BCUT2D eigenvalue weighted by Crippen LogP contribution is -2.34.